The van der Waals surface area contributed by atoms with Gasteiger partial charge in [0.1, 0.15) is 0 Å². The molecule has 1 fully saturated rings. The van der Waals surface area contributed by atoms with Crippen molar-refractivity contribution < 1.29 is 22.0 Å². The molecule has 2 heterocycles. The molecule has 42 heavy (non-hydrogen) atoms. The summed E-state index contributed by atoms with van der Waals surface area (Å²) in [5.74, 6) is 0.125. The monoisotopic (exact) mass is 617 g/mol. The molecule has 2 aliphatic rings. The second kappa shape index (κ2) is 11.2. The number of benzene rings is 1. The summed E-state index contributed by atoms with van der Waals surface area (Å²) in [4.78, 5) is 5.33. The van der Waals surface area contributed by atoms with Gasteiger partial charge in [-0.15, -0.1) is 0 Å². The average molecular weight is 618 g/mol. The van der Waals surface area contributed by atoms with Crippen LogP contribution < -0.4 is 0 Å². The molecule has 2 nitrogen and oxygen atoms in total. The number of thiophene rings is 1. The Bertz CT molecular complexity index is 1400. The number of alkyl halides is 4. The van der Waals surface area contributed by atoms with Crippen molar-refractivity contribution in [3.05, 3.63) is 74.7 Å². The molecule has 2 aliphatic carbocycles. The van der Waals surface area contributed by atoms with Gasteiger partial charge in [0.25, 0.3) is 0 Å². The highest BCUT2D eigenvalue weighted by Gasteiger charge is 2.45. The minimum atomic E-state index is -4.48. The summed E-state index contributed by atoms with van der Waals surface area (Å²) in [5, 5.41) is 4.04. The van der Waals surface area contributed by atoms with Crippen LogP contribution in [0, 0.1) is 5.41 Å². The lowest BCUT2D eigenvalue weighted by Gasteiger charge is -2.45. The Morgan fingerprint density at radius 3 is 2.21 bits per heavy atom. The van der Waals surface area contributed by atoms with E-state index in [2.05, 4.69) is 53.1 Å². The van der Waals surface area contributed by atoms with E-state index < -0.39 is 26.2 Å². The third-order valence-electron chi connectivity index (χ3n) is 9.67. The van der Waals surface area contributed by atoms with Crippen LogP contribution in [0.3, 0.4) is 0 Å². The SMILES string of the molecule is CC1(C)Cc2nc(C3CCCC3)c([C@@H](F)c3ccc(C(F)(F)F)cc3)c(-c3ccsc3)c2[C@@H](O[Si](C)(C)C(C)(C)C)C1. The zero-order valence-corrected chi connectivity index (χ0v) is 27.6. The molecule has 228 valence electrons. The minimum absolute atomic E-state index is 0.0137. The maximum absolute atomic E-state index is 17.1. The van der Waals surface area contributed by atoms with Gasteiger partial charge in [-0.3, -0.25) is 4.98 Å². The van der Waals surface area contributed by atoms with E-state index >= 15 is 4.39 Å². The Labute approximate surface area is 253 Å². The zero-order valence-electron chi connectivity index (χ0n) is 25.8. The highest BCUT2D eigenvalue weighted by atomic mass is 32.1. The van der Waals surface area contributed by atoms with Crippen molar-refractivity contribution in [2.75, 3.05) is 0 Å². The first kappa shape index (κ1) is 31.4. The lowest BCUT2D eigenvalue weighted by molar-refractivity contribution is -0.137. The van der Waals surface area contributed by atoms with E-state index in [4.69, 9.17) is 9.41 Å². The van der Waals surface area contributed by atoms with Crippen LogP contribution in [0.1, 0.15) is 119 Å². The van der Waals surface area contributed by atoms with Crippen LogP contribution in [0.15, 0.2) is 41.1 Å². The molecule has 0 spiro atoms. The van der Waals surface area contributed by atoms with Crippen LogP contribution in [-0.2, 0) is 17.0 Å². The van der Waals surface area contributed by atoms with E-state index in [0.717, 1.165) is 78.7 Å². The number of pyridine rings is 1. The van der Waals surface area contributed by atoms with E-state index in [1.54, 1.807) is 11.3 Å². The molecule has 0 amide bonds. The van der Waals surface area contributed by atoms with Crippen molar-refractivity contribution in [3.63, 3.8) is 0 Å². The fraction of sp³-hybridized carbons (Fsp3) is 0.559. The van der Waals surface area contributed by atoms with Crippen LogP contribution >= 0.6 is 11.3 Å². The summed E-state index contributed by atoms with van der Waals surface area (Å²) < 4.78 is 64.3. The van der Waals surface area contributed by atoms with Crippen molar-refractivity contribution in [1.29, 1.82) is 0 Å². The number of fused-ring (bicyclic) bond motifs is 1. The normalized spacial score (nSPS) is 20.5. The summed E-state index contributed by atoms with van der Waals surface area (Å²) >= 11 is 1.56. The van der Waals surface area contributed by atoms with Gasteiger partial charge in [0.15, 0.2) is 14.5 Å². The number of rotatable bonds is 6. The first-order valence-electron chi connectivity index (χ1n) is 15.1. The standard InChI is InChI=1S/C34H43F4NOSSi/c1-32(2,3)42(6,7)40-26-19-33(4,5)18-25-28(26)27(23-16-17-41-20-23)29(31(39-25)22-10-8-9-11-22)30(35)21-12-14-24(15-13-21)34(36,37)38/h12-17,20,22,26,30H,8-11,18-19H2,1-7H3/t26-,30-/m0/s1. The maximum atomic E-state index is 17.1. The van der Waals surface area contributed by atoms with Gasteiger partial charge >= 0.3 is 6.18 Å². The fourth-order valence-electron chi connectivity index (χ4n) is 6.42. The molecule has 0 unspecified atom stereocenters. The first-order chi connectivity index (χ1) is 19.5. The fourth-order valence-corrected chi connectivity index (χ4v) is 8.33. The number of hydrogen-bond acceptors (Lipinski definition) is 3. The Kier molecular flexibility index (Phi) is 8.34. The largest absolute Gasteiger partial charge is 0.416 e. The van der Waals surface area contributed by atoms with Gasteiger partial charge in [0.05, 0.1) is 17.4 Å². The number of nitrogens with zero attached hydrogens (tertiary/aromatic N) is 1. The molecule has 8 heteroatoms. The van der Waals surface area contributed by atoms with Crippen molar-refractivity contribution in [1.82, 2.24) is 4.98 Å². The molecule has 0 aliphatic heterocycles. The van der Waals surface area contributed by atoms with E-state index in [0.29, 0.717) is 5.56 Å². The third-order valence-corrected chi connectivity index (χ3v) is 14.8. The molecular formula is C34H43F4NOSSi. The summed E-state index contributed by atoms with van der Waals surface area (Å²) in [6.45, 7) is 15.7. The quantitative estimate of drug-likeness (QED) is 0.203. The van der Waals surface area contributed by atoms with Gasteiger partial charge in [-0.1, -0.05) is 59.6 Å². The highest BCUT2D eigenvalue weighted by Crippen LogP contribution is 2.54. The topological polar surface area (TPSA) is 22.1 Å². The highest BCUT2D eigenvalue weighted by molar-refractivity contribution is 7.08. The van der Waals surface area contributed by atoms with Crippen molar-refractivity contribution in [2.45, 2.75) is 116 Å². The Hall–Kier alpha value is -2.03. The molecule has 2 atom stereocenters. The maximum Gasteiger partial charge on any atom is 0.416 e. The van der Waals surface area contributed by atoms with Crippen molar-refractivity contribution >= 4 is 19.7 Å². The van der Waals surface area contributed by atoms with Gasteiger partial charge in [0.2, 0.25) is 0 Å². The molecule has 0 bridgehead atoms. The molecule has 1 aromatic carbocycles. The Morgan fingerprint density at radius 1 is 1.02 bits per heavy atom. The lowest BCUT2D eigenvalue weighted by atomic mass is 9.71. The molecule has 3 aromatic rings. The van der Waals surface area contributed by atoms with Gasteiger partial charge in [-0.2, -0.15) is 24.5 Å². The predicted octanol–water partition coefficient (Wildman–Crippen LogP) is 11.6. The van der Waals surface area contributed by atoms with Crippen LogP contribution in [0.5, 0.6) is 0 Å². The number of halogens is 4. The van der Waals surface area contributed by atoms with Crippen LogP contribution in [0.2, 0.25) is 18.1 Å². The average Bonchev–Trinajstić information content (AvgIpc) is 3.60. The predicted molar refractivity (Wildman–Crippen MR) is 166 cm³/mol. The van der Waals surface area contributed by atoms with Gasteiger partial charge in [-0.25, -0.2) is 4.39 Å². The van der Waals surface area contributed by atoms with Gasteiger partial charge in [0, 0.05) is 22.7 Å². The number of aromatic nitrogens is 1. The van der Waals surface area contributed by atoms with E-state index in [1.165, 1.54) is 12.1 Å². The van der Waals surface area contributed by atoms with E-state index in [9.17, 15) is 13.2 Å². The van der Waals surface area contributed by atoms with E-state index in [1.807, 2.05) is 11.4 Å². The van der Waals surface area contributed by atoms with Crippen LogP contribution in [0.25, 0.3) is 11.1 Å². The van der Waals surface area contributed by atoms with Gasteiger partial charge < -0.3 is 4.43 Å². The molecular weight excluding hydrogens is 575 g/mol. The van der Waals surface area contributed by atoms with Crippen LogP contribution in [0.4, 0.5) is 17.6 Å². The molecule has 0 N–H and O–H groups in total. The summed E-state index contributed by atoms with van der Waals surface area (Å²) in [7, 11) is -2.23. The second-order valence-corrected chi connectivity index (χ2v) is 20.1. The van der Waals surface area contributed by atoms with Crippen LogP contribution in [-0.4, -0.2) is 13.3 Å². The minimum Gasteiger partial charge on any atom is -0.410 e. The summed E-state index contributed by atoms with van der Waals surface area (Å²) in [6.07, 6.45) is -0.757. The third kappa shape index (κ3) is 6.13. The zero-order chi connectivity index (χ0) is 30.7. The molecule has 2 aromatic heterocycles. The Morgan fingerprint density at radius 2 is 1.67 bits per heavy atom. The molecule has 0 radical (unpaired) electrons. The van der Waals surface area contributed by atoms with Crippen molar-refractivity contribution in [2.24, 2.45) is 5.41 Å². The summed E-state index contributed by atoms with van der Waals surface area (Å²) in [6, 6.07) is 6.58. The van der Waals surface area contributed by atoms with Gasteiger partial charge in [-0.05, 0) is 94.9 Å². The van der Waals surface area contributed by atoms with E-state index in [-0.39, 0.29) is 28.0 Å². The molecule has 0 saturated heterocycles. The second-order valence-electron chi connectivity index (χ2n) is 14.5. The number of hydrogen-bond donors (Lipinski definition) is 0. The smallest absolute Gasteiger partial charge is 0.410 e. The first-order valence-corrected chi connectivity index (χ1v) is 18.9. The summed E-state index contributed by atoms with van der Waals surface area (Å²) in [5.41, 5.74) is 4.44. The lowest BCUT2D eigenvalue weighted by Crippen LogP contribution is -2.44. The molecule has 5 rings (SSSR count). The Balaban J connectivity index is 1.77. The molecule has 1 saturated carbocycles. The van der Waals surface area contributed by atoms with Crippen molar-refractivity contribution in [3.8, 4) is 11.1 Å².